The van der Waals surface area contributed by atoms with E-state index in [2.05, 4.69) is 10.3 Å². The Kier molecular flexibility index (Phi) is 3.78. The van der Waals surface area contributed by atoms with E-state index in [1.54, 1.807) is 24.3 Å². The lowest BCUT2D eigenvalue weighted by Gasteiger charge is -1.99. The molecule has 0 aliphatic carbocycles. The van der Waals surface area contributed by atoms with E-state index >= 15 is 0 Å². The van der Waals surface area contributed by atoms with Gasteiger partial charge >= 0.3 is 0 Å². The van der Waals surface area contributed by atoms with Crippen molar-refractivity contribution in [2.45, 2.75) is 0 Å². The summed E-state index contributed by atoms with van der Waals surface area (Å²) in [5.41, 5.74) is 1.87. The van der Waals surface area contributed by atoms with Crippen LogP contribution in [0.25, 0.3) is 6.08 Å². The van der Waals surface area contributed by atoms with E-state index in [1.165, 1.54) is 0 Å². The second-order valence-electron chi connectivity index (χ2n) is 4.48. The zero-order valence-electron chi connectivity index (χ0n) is 10.8. The number of carbonyl (C=O) groups excluding carboxylic acids is 1. The van der Waals surface area contributed by atoms with E-state index in [1.807, 2.05) is 30.3 Å². The first-order chi connectivity index (χ1) is 10.1. The molecule has 0 fully saturated rings. The third-order valence-corrected chi connectivity index (χ3v) is 3.56. The predicted molar refractivity (Wildman–Crippen MR) is 85.6 cm³/mol. The SMILES string of the molecule is O=C1NC(c2ccccc2)=NC1=Cc1ccc(Cl)cc1Cl. The quantitative estimate of drug-likeness (QED) is 0.838. The maximum Gasteiger partial charge on any atom is 0.275 e. The Hall–Kier alpha value is -2.10. The summed E-state index contributed by atoms with van der Waals surface area (Å²) in [6.45, 7) is 0. The zero-order valence-corrected chi connectivity index (χ0v) is 12.3. The molecule has 2 aromatic carbocycles. The van der Waals surface area contributed by atoms with Crippen molar-refractivity contribution in [1.82, 2.24) is 5.32 Å². The van der Waals surface area contributed by atoms with Crippen molar-refractivity contribution in [3.63, 3.8) is 0 Å². The normalized spacial score (nSPS) is 16.0. The van der Waals surface area contributed by atoms with E-state index in [0.29, 0.717) is 27.1 Å². The Labute approximate surface area is 131 Å². The number of nitrogens with zero attached hydrogens (tertiary/aromatic N) is 1. The van der Waals surface area contributed by atoms with Crippen LogP contribution in [0.3, 0.4) is 0 Å². The van der Waals surface area contributed by atoms with E-state index in [-0.39, 0.29) is 5.91 Å². The van der Waals surface area contributed by atoms with Crippen LogP contribution >= 0.6 is 23.2 Å². The molecule has 0 aromatic heterocycles. The number of carbonyl (C=O) groups is 1. The van der Waals surface area contributed by atoms with Gasteiger partial charge in [0.2, 0.25) is 0 Å². The van der Waals surface area contributed by atoms with E-state index in [9.17, 15) is 4.79 Å². The molecule has 2 aromatic rings. The van der Waals surface area contributed by atoms with Crippen molar-refractivity contribution >= 4 is 41.0 Å². The molecule has 0 atom stereocenters. The van der Waals surface area contributed by atoms with Crippen LogP contribution in [-0.2, 0) is 4.79 Å². The van der Waals surface area contributed by atoms with Gasteiger partial charge < -0.3 is 5.32 Å². The van der Waals surface area contributed by atoms with Gasteiger partial charge in [-0.1, -0.05) is 59.6 Å². The maximum absolute atomic E-state index is 12.0. The summed E-state index contributed by atoms with van der Waals surface area (Å²) in [6, 6.07) is 14.6. The molecule has 0 radical (unpaired) electrons. The summed E-state index contributed by atoms with van der Waals surface area (Å²) in [6.07, 6.45) is 1.64. The molecule has 3 nitrogen and oxygen atoms in total. The van der Waals surface area contributed by atoms with Gasteiger partial charge in [-0.05, 0) is 23.8 Å². The molecule has 0 unspecified atom stereocenters. The highest BCUT2D eigenvalue weighted by molar-refractivity contribution is 6.35. The van der Waals surface area contributed by atoms with Gasteiger partial charge in [0.25, 0.3) is 5.91 Å². The second kappa shape index (κ2) is 5.72. The molecular weight excluding hydrogens is 307 g/mol. The Morgan fingerprint density at radius 2 is 1.81 bits per heavy atom. The Balaban J connectivity index is 1.97. The van der Waals surface area contributed by atoms with Crippen molar-refractivity contribution < 1.29 is 4.79 Å². The smallest absolute Gasteiger partial charge is 0.275 e. The number of hydrogen-bond acceptors (Lipinski definition) is 2. The van der Waals surface area contributed by atoms with Crippen LogP contribution in [0.5, 0.6) is 0 Å². The number of amides is 1. The highest BCUT2D eigenvalue weighted by Gasteiger charge is 2.21. The Morgan fingerprint density at radius 1 is 1.05 bits per heavy atom. The van der Waals surface area contributed by atoms with Crippen molar-refractivity contribution in [3.05, 3.63) is 75.4 Å². The fourth-order valence-corrected chi connectivity index (χ4v) is 2.43. The van der Waals surface area contributed by atoms with Crippen molar-refractivity contribution in [2.75, 3.05) is 0 Å². The fraction of sp³-hybridized carbons (Fsp3) is 0. The highest BCUT2D eigenvalue weighted by Crippen LogP contribution is 2.24. The van der Waals surface area contributed by atoms with Gasteiger partial charge in [0.1, 0.15) is 11.5 Å². The Morgan fingerprint density at radius 3 is 2.52 bits per heavy atom. The lowest BCUT2D eigenvalue weighted by atomic mass is 10.2. The number of amidine groups is 1. The molecule has 1 N–H and O–H groups in total. The molecule has 1 amide bonds. The van der Waals surface area contributed by atoms with E-state index < -0.39 is 0 Å². The molecule has 1 heterocycles. The van der Waals surface area contributed by atoms with Crippen molar-refractivity contribution in [1.29, 1.82) is 0 Å². The van der Waals surface area contributed by atoms with Crippen LogP contribution < -0.4 is 5.32 Å². The molecule has 0 spiro atoms. The van der Waals surface area contributed by atoms with Gasteiger partial charge in [0, 0.05) is 15.6 Å². The fourth-order valence-electron chi connectivity index (χ4n) is 1.97. The number of hydrogen-bond donors (Lipinski definition) is 1. The first kappa shape index (κ1) is 13.9. The number of aliphatic imine (C=N–C) groups is 1. The molecule has 104 valence electrons. The van der Waals surface area contributed by atoms with Crippen LogP contribution in [0.2, 0.25) is 10.0 Å². The number of nitrogens with one attached hydrogen (secondary N) is 1. The first-order valence-corrected chi connectivity index (χ1v) is 7.01. The average Bonchev–Trinajstić information content (AvgIpc) is 2.84. The number of benzene rings is 2. The van der Waals surface area contributed by atoms with Crippen LogP contribution in [0, 0.1) is 0 Å². The van der Waals surface area contributed by atoms with Crippen LogP contribution in [0.4, 0.5) is 0 Å². The largest absolute Gasteiger partial charge is 0.305 e. The van der Waals surface area contributed by atoms with Gasteiger partial charge in [-0.15, -0.1) is 0 Å². The summed E-state index contributed by atoms with van der Waals surface area (Å²) in [7, 11) is 0. The average molecular weight is 317 g/mol. The van der Waals surface area contributed by atoms with Crippen LogP contribution in [0.1, 0.15) is 11.1 Å². The molecule has 0 saturated heterocycles. The summed E-state index contributed by atoms with van der Waals surface area (Å²) in [5, 5.41) is 3.77. The third-order valence-electron chi connectivity index (χ3n) is 3.00. The number of rotatable bonds is 2. The first-order valence-electron chi connectivity index (χ1n) is 6.26. The predicted octanol–water partition coefficient (Wildman–Crippen LogP) is 3.91. The zero-order chi connectivity index (χ0) is 14.8. The lowest BCUT2D eigenvalue weighted by Crippen LogP contribution is -2.24. The summed E-state index contributed by atoms with van der Waals surface area (Å²) >= 11 is 12.0. The van der Waals surface area contributed by atoms with E-state index in [4.69, 9.17) is 23.2 Å². The van der Waals surface area contributed by atoms with Crippen molar-refractivity contribution in [2.24, 2.45) is 4.99 Å². The van der Waals surface area contributed by atoms with E-state index in [0.717, 1.165) is 5.56 Å². The monoisotopic (exact) mass is 316 g/mol. The molecule has 5 heteroatoms. The van der Waals surface area contributed by atoms with Crippen LogP contribution in [0.15, 0.2) is 59.2 Å². The maximum atomic E-state index is 12.0. The molecule has 1 aliphatic heterocycles. The van der Waals surface area contributed by atoms with Gasteiger partial charge in [-0.3, -0.25) is 4.79 Å². The Bertz CT molecular complexity index is 767. The lowest BCUT2D eigenvalue weighted by molar-refractivity contribution is -0.115. The van der Waals surface area contributed by atoms with Gasteiger partial charge in [-0.2, -0.15) is 0 Å². The van der Waals surface area contributed by atoms with Gasteiger partial charge in [0.05, 0.1) is 0 Å². The molecule has 3 rings (SSSR count). The number of halogens is 2. The third kappa shape index (κ3) is 2.99. The molecular formula is C16H10Cl2N2O. The molecule has 0 saturated carbocycles. The minimum Gasteiger partial charge on any atom is -0.305 e. The van der Waals surface area contributed by atoms with Crippen LogP contribution in [-0.4, -0.2) is 11.7 Å². The van der Waals surface area contributed by atoms with Gasteiger partial charge in [-0.25, -0.2) is 4.99 Å². The highest BCUT2D eigenvalue weighted by atomic mass is 35.5. The van der Waals surface area contributed by atoms with Gasteiger partial charge in [0.15, 0.2) is 0 Å². The minimum absolute atomic E-state index is 0.250. The minimum atomic E-state index is -0.250. The standard InChI is InChI=1S/C16H10Cl2N2O/c17-12-7-6-11(13(18)9-12)8-14-16(21)20-15(19-14)10-4-2-1-3-5-10/h1-9H,(H,19,20,21). The molecule has 0 bridgehead atoms. The topological polar surface area (TPSA) is 41.5 Å². The second-order valence-corrected chi connectivity index (χ2v) is 5.32. The molecule has 21 heavy (non-hydrogen) atoms. The summed E-state index contributed by atoms with van der Waals surface area (Å²) < 4.78 is 0. The molecule has 1 aliphatic rings. The summed E-state index contributed by atoms with van der Waals surface area (Å²) in [5.74, 6) is 0.289. The van der Waals surface area contributed by atoms with Crippen molar-refractivity contribution in [3.8, 4) is 0 Å². The summed E-state index contributed by atoms with van der Waals surface area (Å²) in [4.78, 5) is 16.3.